The zero-order valence-corrected chi connectivity index (χ0v) is 14.7. The minimum atomic E-state index is -0.338. The van der Waals surface area contributed by atoms with Gasteiger partial charge in [-0.15, -0.1) is 0 Å². The third-order valence-electron chi connectivity index (χ3n) is 4.80. The van der Waals surface area contributed by atoms with Gasteiger partial charge in [0.05, 0.1) is 32.7 Å². The van der Waals surface area contributed by atoms with Gasteiger partial charge in [0.1, 0.15) is 17.4 Å². The van der Waals surface area contributed by atoms with Crippen molar-refractivity contribution in [1.82, 2.24) is 15.1 Å². The average molecular weight is 347 g/mol. The SMILES string of the molecule is CNC(=O)[C@H]1COC2(CN(C(=O)CCOc3ccccc3)C2)CN1C. The summed E-state index contributed by atoms with van der Waals surface area (Å²) in [6.07, 6.45) is 0.349. The van der Waals surface area contributed by atoms with Crippen LogP contribution in [-0.2, 0) is 14.3 Å². The molecule has 0 radical (unpaired) electrons. The fourth-order valence-electron chi connectivity index (χ4n) is 3.38. The number of hydrogen-bond acceptors (Lipinski definition) is 5. The molecule has 1 N–H and O–H groups in total. The van der Waals surface area contributed by atoms with E-state index in [0.29, 0.717) is 39.3 Å². The summed E-state index contributed by atoms with van der Waals surface area (Å²) in [4.78, 5) is 27.8. The van der Waals surface area contributed by atoms with E-state index >= 15 is 0 Å². The highest BCUT2D eigenvalue weighted by atomic mass is 16.5. The van der Waals surface area contributed by atoms with Crippen LogP contribution >= 0.6 is 0 Å². The number of amides is 2. The highest BCUT2D eigenvalue weighted by Gasteiger charge is 2.50. The molecule has 25 heavy (non-hydrogen) atoms. The van der Waals surface area contributed by atoms with E-state index in [4.69, 9.17) is 9.47 Å². The molecule has 0 aromatic heterocycles. The number of likely N-dealkylation sites (N-methyl/N-ethyl adjacent to an activating group) is 2. The van der Waals surface area contributed by atoms with Crippen LogP contribution < -0.4 is 10.1 Å². The van der Waals surface area contributed by atoms with Crippen molar-refractivity contribution in [3.8, 4) is 5.75 Å². The molecule has 136 valence electrons. The molecule has 1 atom stereocenters. The van der Waals surface area contributed by atoms with Crippen molar-refractivity contribution >= 4 is 11.8 Å². The van der Waals surface area contributed by atoms with E-state index in [2.05, 4.69) is 5.32 Å². The molecule has 2 amide bonds. The van der Waals surface area contributed by atoms with Gasteiger partial charge in [0, 0.05) is 13.6 Å². The van der Waals surface area contributed by atoms with Gasteiger partial charge in [-0.3, -0.25) is 14.5 Å². The molecule has 2 aliphatic heterocycles. The number of carbonyl (C=O) groups excluding carboxylic acids is 2. The van der Waals surface area contributed by atoms with Crippen LogP contribution in [0.25, 0.3) is 0 Å². The number of rotatable bonds is 5. The van der Waals surface area contributed by atoms with Crippen LogP contribution in [0.1, 0.15) is 6.42 Å². The van der Waals surface area contributed by atoms with Crippen molar-refractivity contribution in [1.29, 1.82) is 0 Å². The molecular formula is C18H25N3O4. The van der Waals surface area contributed by atoms with Crippen LogP contribution in [0.4, 0.5) is 0 Å². The summed E-state index contributed by atoms with van der Waals surface area (Å²) in [7, 11) is 3.55. The third kappa shape index (κ3) is 3.93. The minimum Gasteiger partial charge on any atom is -0.493 e. The first-order valence-electron chi connectivity index (χ1n) is 8.54. The van der Waals surface area contributed by atoms with Gasteiger partial charge in [-0.2, -0.15) is 0 Å². The largest absolute Gasteiger partial charge is 0.493 e. The second kappa shape index (κ2) is 7.41. The van der Waals surface area contributed by atoms with Crippen molar-refractivity contribution in [3.05, 3.63) is 30.3 Å². The van der Waals surface area contributed by atoms with Crippen LogP contribution in [0.5, 0.6) is 5.75 Å². The Morgan fingerprint density at radius 3 is 2.64 bits per heavy atom. The van der Waals surface area contributed by atoms with Gasteiger partial charge >= 0.3 is 0 Å². The average Bonchev–Trinajstić information content (AvgIpc) is 2.59. The summed E-state index contributed by atoms with van der Waals surface area (Å²) < 4.78 is 11.5. The number of carbonyl (C=O) groups is 2. The van der Waals surface area contributed by atoms with Crippen molar-refractivity contribution in [2.45, 2.75) is 18.1 Å². The number of nitrogens with one attached hydrogen (secondary N) is 1. The summed E-state index contributed by atoms with van der Waals surface area (Å²) in [6.45, 7) is 2.51. The molecule has 0 aliphatic carbocycles. The van der Waals surface area contributed by atoms with Crippen LogP contribution in [-0.4, -0.2) is 80.2 Å². The van der Waals surface area contributed by atoms with E-state index < -0.39 is 0 Å². The first-order valence-corrected chi connectivity index (χ1v) is 8.54. The van der Waals surface area contributed by atoms with Gasteiger partial charge in [0.2, 0.25) is 11.8 Å². The second-order valence-electron chi connectivity index (χ2n) is 6.70. The van der Waals surface area contributed by atoms with E-state index in [0.717, 1.165) is 5.75 Å². The molecule has 1 aromatic carbocycles. The Kier molecular flexibility index (Phi) is 5.24. The molecule has 2 fully saturated rings. The number of benzene rings is 1. The fraction of sp³-hybridized carbons (Fsp3) is 0.556. The normalized spacial score (nSPS) is 22.3. The van der Waals surface area contributed by atoms with E-state index in [1.165, 1.54) is 0 Å². The zero-order valence-electron chi connectivity index (χ0n) is 14.7. The molecule has 2 heterocycles. The zero-order chi connectivity index (χ0) is 17.9. The Morgan fingerprint density at radius 1 is 1.28 bits per heavy atom. The predicted molar refractivity (Wildman–Crippen MR) is 92.3 cm³/mol. The monoisotopic (exact) mass is 347 g/mol. The first kappa shape index (κ1) is 17.7. The molecule has 0 bridgehead atoms. The molecule has 1 aromatic rings. The third-order valence-corrected chi connectivity index (χ3v) is 4.80. The maximum Gasteiger partial charge on any atom is 0.239 e. The van der Waals surface area contributed by atoms with Gasteiger partial charge in [0.25, 0.3) is 0 Å². The van der Waals surface area contributed by atoms with Crippen LogP contribution in [0.2, 0.25) is 0 Å². The maximum absolute atomic E-state index is 12.3. The smallest absolute Gasteiger partial charge is 0.239 e. The van der Waals surface area contributed by atoms with Crippen LogP contribution in [0.3, 0.4) is 0 Å². The molecule has 1 spiro atoms. The van der Waals surface area contributed by atoms with E-state index in [-0.39, 0.29) is 23.5 Å². The number of para-hydroxylation sites is 1. The summed E-state index contributed by atoms with van der Waals surface area (Å²) in [5.41, 5.74) is -0.338. The predicted octanol–water partition coefficient (Wildman–Crippen LogP) is 0.113. The van der Waals surface area contributed by atoms with Crippen molar-refractivity contribution in [2.24, 2.45) is 0 Å². The van der Waals surface area contributed by atoms with Gasteiger partial charge in [0.15, 0.2) is 0 Å². The number of morpholine rings is 1. The fourth-order valence-corrected chi connectivity index (χ4v) is 3.38. The Morgan fingerprint density at radius 2 is 2.00 bits per heavy atom. The van der Waals surface area contributed by atoms with Gasteiger partial charge < -0.3 is 19.7 Å². The highest BCUT2D eigenvalue weighted by Crippen LogP contribution is 2.31. The number of hydrogen-bond donors (Lipinski definition) is 1. The minimum absolute atomic E-state index is 0.0392. The summed E-state index contributed by atoms with van der Waals surface area (Å²) >= 11 is 0. The molecule has 7 heteroatoms. The number of ether oxygens (including phenoxy) is 2. The molecule has 0 saturated carbocycles. The Labute approximate surface area is 147 Å². The van der Waals surface area contributed by atoms with E-state index in [9.17, 15) is 9.59 Å². The van der Waals surface area contributed by atoms with Crippen LogP contribution in [0.15, 0.2) is 30.3 Å². The molecule has 0 unspecified atom stereocenters. The molecule has 7 nitrogen and oxygen atoms in total. The molecule has 2 saturated heterocycles. The maximum atomic E-state index is 12.3. The lowest BCUT2D eigenvalue weighted by Gasteiger charge is -2.54. The lowest BCUT2D eigenvalue weighted by atomic mass is 9.90. The van der Waals surface area contributed by atoms with Crippen molar-refractivity contribution < 1.29 is 19.1 Å². The standard InChI is InChI=1S/C18H25N3O4/c1-19-17(23)15-10-25-18(11-20(15)2)12-21(13-18)16(22)8-9-24-14-6-4-3-5-7-14/h3-7,15H,8-13H2,1-2H3,(H,19,23)/t15-/m1/s1. The number of nitrogens with zero attached hydrogens (tertiary/aromatic N) is 2. The van der Waals surface area contributed by atoms with Crippen molar-refractivity contribution in [3.63, 3.8) is 0 Å². The lowest BCUT2D eigenvalue weighted by Crippen LogP contribution is -2.73. The highest BCUT2D eigenvalue weighted by molar-refractivity contribution is 5.81. The van der Waals surface area contributed by atoms with E-state index in [1.807, 2.05) is 42.3 Å². The topological polar surface area (TPSA) is 71.1 Å². The quantitative estimate of drug-likeness (QED) is 0.819. The molecule has 3 rings (SSSR count). The van der Waals surface area contributed by atoms with E-state index in [1.54, 1.807) is 11.9 Å². The summed E-state index contributed by atoms with van der Waals surface area (Å²) in [6, 6.07) is 9.21. The Hall–Kier alpha value is -2.12. The van der Waals surface area contributed by atoms with Gasteiger partial charge in [-0.05, 0) is 19.2 Å². The molecule has 2 aliphatic rings. The summed E-state index contributed by atoms with van der Waals surface area (Å²) in [5.74, 6) is 0.803. The van der Waals surface area contributed by atoms with Crippen molar-refractivity contribution in [2.75, 3.05) is 46.9 Å². The van der Waals surface area contributed by atoms with Crippen LogP contribution in [0, 0.1) is 0 Å². The summed E-state index contributed by atoms with van der Waals surface area (Å²) in [5, 5.41) is 2.65. The second-order valence-corrected chi connectivity index (χ2v) is 6.70. The Balaban J connectivity index is 1.41. The lowest BCUT2D eigenvalue weighted by molar-refractivity contribution is -0.201. The molecular weight excluding hydrogens is 322 g/mol. The van der Waals surface area contributed by atoms with Gasteiger partial charge in [-0.25, -0.2) is 0 Å². The first-order chi connectivity index (χ1) is 12.0. The Bertz CT molecular complexity index is 616. The van der Waals surface area contributed by atoms with Gasteiger partial charge in [-0.1, -0.05) is 18.2 Å². The number of likely N-dealkylation sites (tertiary alicyclic amines) is 1.